The van der Waals surface area contributed by atoms with Crippen molar-refractivity contribution in [3.8, 4) is 0 Å². The fraction of sp³-hybridized carbons (Fsp3) is 0.462. The van der Waals surface area contributed by atoms with Crippen LogP contribution in [0.5, 0.6) is 0 Å². The van der Waals surface area contributed by atoms with Crippen molar-refractivity contribution in [3.05, 3.63) is 35.4 Å². The molecule has 86 valence electrons. The molecule has 1 aromatic carbocycles. The van der Waals surface area contributed by atoms with E-state index in [0.29, 0.717) is 13.0 Å². The van der Waals surface area contributed by atoms with Crippen LogP contribution in [-0.2, 0) is 17.8 Å². The third-order valence-corrected chi connectivity index (χ3v) is 3.19. The number of nitrogens with zero attached hydrogens (tertiary/aromatic N) is 1. The Labute approximate surface area is 95.7 Å². The number of aliphatic hydroxyl groups excluding tert-OH is 1. The maximum absolute atomic E-state index is 11.8. The molecule has 1 aliphatic heterocycles. The number of aliphatic hydroxyl groups is 1. The topological polar surface area (TPSA) is 40.5 Å². The molecular formula is C13H17NO2. The summed E-state index contributed by atoms with van der Waals surface area (Å²) in [5.41, 5.74) is 2.45. The summed E-state index contributed by atoms with van der Waals surface area (Å²) < 4.78 is 0. The summed E-state index contributed by atoms with van der Waals surface area (Å²) in [7, 11) is 0. The highest BCUT2D eigenvalue weighted by molar-refractivity contribution is 5.76. The van der Waals surface area contributed by atoms with Crippen molar-refractivity contribution in [2.24, 2.45) is 0 Å². The predicted octanol–water partition coefficient (Wildman–Crippen LogP) is 1.34. The second-order valence-corrected chi connectivity index (χ2v) is 4.18. The van der Waals surface area contributed by atoms with E-state index in [1.807, 2.05) is 19.1 Å². The fourth-order valence-corrected chi connectivity index (χ4v) is 2.25. The number of fused-ring (bicyclic) bond motifs is 1. The van der Waals surface area contributed by atoms with E-state index in [4.69, 9.17) is 0 Å². The molecule has 0 bridgehead atoms. The molecular weight excluding hydrogens is 202 g/mol. The fourth-order valence-electron chi connectivity index (χ4n) is 2.25. The quantitative estimate of drug-likeness (QED) is 0.815. The maximum Gasteiger partial charge on any atom is 0.222 e. The smallest absolute Gasteiger partial charge is 0.222 e. The molecule has 0 unspecified atom stereocenters. The Hall–Kier alpha value is -1.35. The third-order valence-electron chi connectivity index (χ3n) is 3.19. The Morgan fingerprint density at radius 1 is 1.44 bits per heavy atom. The Morgan fingerprint density at radius 3 is 2.75 bits per heavy atom. The summed E-state index contributed by atoms with van der Waals surface area (Å²) in [6.07, 6.45) is 1.26. The number of carbonyl (C=O) groups is 1. The van der Waals surface area contributed by atoms with Gasteiger partial charge in [-0.15, -0.1) is 0 Å². The summed E-state index contributed by atoms with van der Waals surface area (Å²) in [5, 5.41) is 9.34. The van der Waals surface area contributed by atoms with Gasteiger partial charge in [-0.2, -0.15) is 0 Å². The molecule has 1 aliphatic rings. The summed E-state index contributed by atoms with van der Waals surface area (Å²) in [6, 6.07) is 8.07. The van der Waals surface area contributed by atoms with Crippen LogP contribution < -0.4 is 0 Å². The van der Waals surface area contributed by atoms with Gasteiger partial charge in [0.15, 0.2) is 0 Å². The van der Waals surface area contributed by atoms with Gasteiger partial charge in [0, 0.05) is 13.0 Å². The average molecular weight is 219 g/mol. The monoisotopic (exact) mass is 219 g/mol. The molecule has 0 aliphatic carbocycles. The van der Waals surface area contributed by atoms with Crippen molar-refractivity contribution in [2.45, 2.75) is 32.4 Å². The van der Waals surface area contributed by atoms with Crippen molar-refractivity contribution in [1.82, 2.24) is 4.90 Å². The van der Waals surface area contributed by atoms with Gasteiger partial charge in [0.05, 0.1) is 12.6 Å². The molecule has 1 heterocycles. The Morgan fingerprint density at radius 2 is 2.12 bits per heavy atom. The zero-order valence-electron chi connectivity index (χ0n) is 9.52. The van der Waals surface area contributed by atoms with Gasteiger partial charge in [0.2, 0.25) is 5.91 Å². The van der Waals surface area contributed by atoms with Gasteiger partial charge in [-0.3, -0.25) is 4.79 Å². The number of benzene rings is 1. The van der Waals surface area contributed by atoms with Gasteiger partial charge in [-0.1, -0.05) is 31.2 Å². The van der Waals surface area contributed by atoms with Crippen molar-refractivity contribution in [3.63, 3.8) is 0 Å². The molecule has 2 rings (SSSR count). The molecule has 0 spiro atoms. The van der Waals surface area contributed by atoms with Crippen LogP contribution in [0.3, 0.4) is 0 Å². The molecule has 0 saturated heterocycles. The van der Waals surface area contributed by atoms with Crippen molar-refractivity contribution in [2.75, 3.05) is 6.61 Å². The van der Waals surface area contributed by atoms with E-state index < -0.39 is 0 Å². The molecule has 1 amide bonds. The highest BCUT2D eigenvalue weighted by Gasteiger charge is 2.27. The first-order valence-corrected chi connectivity index (χ1v) is 5.73. The molecule has 0 aromatic heterocycles. The van der Waals surface area contributed by atoms with Gasteiger partial charge in [0.25, 0.3) is 0 Å². The SMILES string of the molecule is CCC(=O)N1Cc2ccccc2C[C@H]1CO. The summed E-state index contributed by atoms with van der Waals surface area (Å²) >= 11 is 0. The maximum atomic E-state index is 11.8. The van der Waals surface area contributed by atoms with Crippen LogP contribution in [0.4, 0.5) is 0 Å². The lowest BCUT2D eigenvalue weighted by Gasteiger charge is -2.35. The van der Waals surface area contributed by atoms with Gasteiger partial charge < -0.3 is 10.0 Å². The van der Waals surface area contributed by atoms with Crippen molar-refractivity contribution >= 4 is 5.91 Å². The van der Waals surface area contributed by atoms with Crippen LogP contribution in [0, 0.1) is 0 Å². The molecule has 1 N–H and O–H groups in total. The molecule has 0 saturated carbocycles. The van der Waals surface area contributed by atoms with E-state index in [-0.39, 0.29) is 18.6 Å². The normalized spacial score (nSPS) is 19.4. The van der Waals surface area contributed by atoms with Crippen LogP contribution >= 0.6 is 0 Å². The molecule has 1 atom stereocenters. The molecule has 3 heteroatoms. The number of amides is 1. The van der Waals surface area contributed by atoms with E-state index in [1.165, 1.54) is 11.1 Å². The Bertz CT molecular complexity index is 389. The Kier molecular flexibility index (Phi) is 3.25. The van der Waals surface area contributed by atoms with Crippen LogP contribution in [-0.4, -0.2) is 28.6 Å². The second kappa shape index (κ2) is 4.66. The molecule has 0 fully saturated rings. The summed E-state index contributed by atoms with van der Waals surface area (Å²) in [4.78, 5) is 13.6. The molecule has 1 aromatic rings. The van der Waals surface area contributed by atoms with E-state index in [1.54, 1.807) is 4.90 Å². The zero-order valence-corrected chi connectivity index (χ0v) is 9.52. The minimum atomic E-state index is -0.0534. The highest BCUT2D eigenvalue weighted by atomic mass is 16.3. The van der Waals surface area contributed by atoms with Crippen LogP contribution in [0.1, 0.15) is 24.5 Å². The molecule has 16 heavy (non-hydrogen) atoms. The van der Waals surface area contributed by atoms with Crippen molar-refractivity contribution in [1.29, 1.82) is 0 Å². The predicted molar refractivity (Wildman–Crippen MR) is 61.9 cm³/mol. The van der Waals surface area contributed by atoms with Crippen LogP contribution in [0.2, 0.25) is 0 Å². The lowest BCUT2D eigenvalue weighted by atomic mass is 9.94. The number of rotatable bonds is 2. The zero-order chi connectivity index (χ0) is 11.5. The minimum absolute atomic E-state index is 0.0417. The highest BCUT2D eigenvalue weighted by Crippen LogP contribution is 2.23. The van der Waals surface area contributed by atoms with Crippen molar-refractivity contribution < 1.29 is 9.90 Å². The number of carbonyl (C=O) groups excluding carboxylic acids is 1. The summed E-state index contributed by atoms with van der Waals surface area (Å²) in [5.74, 6) is 0.119. The van der Waals surface area contributed by atoms with Gasteiger partial charge in [-0.25, -0.2) is 0 Å². The van der Waals surface area contributed by atoms with E-state index in [0.717, 1.165) is 6.42 Å². The standard InChI is InChI=1S/C13H17NO2/c1-2-13(16)14-8-11-6-4-3-5-10(11)7-12(14)9-15/h3-6,12,15H,2,7-9H2,1H3/t12-/m0/s1. The molecule has 3 nitrogen and oxygen atoms in total. The third kappa shape index (κ3) is 1.95. The van der Waals surface area contributed by atoms with Gasteiger partial charge >= 0.3 is 0 Å². The number of hydrogen-bond donors (Lipinski definition) is 1. The van der Waals surface area contributed by atoms with E-state index in [2.05, 4.69) is 12.1 Å². The minimum Gasteiger partial charge on any atom is -0.394 e. The summed E-state index contributed by atoms with van der Waals surface area (Å²) in [6.45, 7) is 2.53. The Balaban J connectivity index is 2.27. The van der Waals surface area contributed by atoms with Crippen LogP contribution in [0.25, 0.3) is 0 Å². The van der Waals surface area contributed by atoms with E-state index >= 15 is 0 Å². The first-order chi connectivity index (χ1) is 7.76. The molecule has 0 radical (unpaired) electrons. The average Bonchev–Trinajstić information content (AvgIpc) is 2.36. The first kappa shape index (κ1) is 11.1. The second-order valence-electron chi connectivity index (χ2n) is 4.18. The lowest BCUT2D eigenvalue weighted by Crippen LogP contribution is -2.46. The number of hydrogen-bond acceptors (Lipinski definition) is 2. The van der Waals surface area contributed by atoms with Gasteiger partial charge in [-0.05, 0) is 17.5 Å². The lowest BCUT2D eigenvalue weighted by molar-refractivity contribution is -0.135. The van der Waals surface area contributed by atoms with E-state index in [9.17, 15) is 9.90 Å². The van der Waals surface area contributed by atoms with Crippen LogP contribution in [0.15, 0.2) is 24.3 Å². The van der Waals surface area contributed by atoms with Gasteiger partial charge in [0.1, 0.15) is 0 Å². The largest absolute Gasteiger partial charge is 0.394 e. The first-order valence-electron chi connectivity index (χ1n) is 5.73.